The lowest BCUT2D eigenvalue weighted by molar-refractivity contribution is 1.20. The Morgan fingerprint density at radius 1 is 0.381 bits per heavy atom. The predicted octanol–water partition coefficient (Wildman–Crippen LogP) is 13.6. The second-order valence-electron chi connectivity index (χ2n) is 9.11. The zero-order chi connectivity index (χ0) is 29.7. The summed E-state index contributed by atoms with van der Waals surface area (Å²) in [6, 6.07) is 24.3. The van der Waals surface area contributed by atoms with Gasteiger partial charge in [0.25, 0.3) is 0 Å². The van der Waals surface area contributed by atoms with Gasteiger partial charge in [-0.1, -0.05) is 152 Å². The molecule has 6 rings (SSSR count). The fourth-order valence-electron chi connectivity index (χ4n) is 4.50. The molecule has 0 saturated carbocycles. The SMILES string of the molecule is Brc1ccc(-c2nc(-c3nc(-c4ccc(Br)cc4Br)c(-c4ccc(Br)cc4Br)[nH]3)[nH]c2-c2ccc(Br)cc2Br)c(Br)c1. The quantitative estimate of drug-likeness (QED) is 0.181. The maximum absolute atomic E-state index is 5.13. The molecule has 0 atom stereocenters. The number of aromatic amines is 2. The summed E-state index contributed by atoms with van der Waals surface area (Å²) in [4.78, 5) is 17.4. The Kier molecular flexibility index (Phi) is 9.54. The number of hydrogen-bond donors (Lipinski definition) is 2. The van der Waals surface area contributed by atoms with Gasteiger partial charge in [0.2, 0.25) is 0 Å². The van der Waals surface area contributed by atoms with Gasteiger partial charge in [0.1, 0.15) is 0 Å². The number of hydrogen-bond acceptors (Lipinski definition) is 2. The third kappa shape index (κ3) is 6.29. The molecule has 6 aromatic rings. The Hall–Kier alpha value is -0.860. The van der Waals surface area contributed by atoms with Gasteiger partial charge in [-0.15, -0.1) is 0 Å². The second-order valence-corrected chi connectivity index (χ2v) is 16.2. The number of imidazole rings is 2. The number of nitrogens with zero attached hydrogens (tertiary/aromatic N) is 2. The molecule has 0 radical (unpaired) electrons. The molecule has 0 aliphatic rings. The minimum atomic E-state index is 0.610. The molecular formula is C30H14Br8N4. The average molecular weight is 1070 g/mol. The first-order valence-corrected chi connectivity index (χ1v) is 18.5. The highest BCUT2D eigenvalue weighted by molar-refractivity contribution is 9.12. The van der Waals surface area contributed by atoms with E-state index in [1.165, 1.54) is 0 Å². The van der Waals surface area contributed by atoms with Crippen LogP contribution in [0.5, 0.6) is 0 Å². The summed E-state index contributed by atoms with van der Waals surface area (Å²) in [5, 5.41) is 0. The van der Waals surface area contributed by atoms with Crippen molar-refractivity contribution in [3.05, 3.63) is 109 Å². The minimum absolute atomic E-state index is 0.610. The number of nitrogens with one attached hydrogen (secondary N) is 2. The zero-order valence-electron chi connectivity index (χ0n) is 20.8. The number of halogens is 8. The number of aromatic nitrogens is 4. The van der Waals surface area contributed by atoms with Gasteiger partial charge in [-0.05, 0) is 48.5 Å². The first kappa shape index (κ1) is 31.1. The summed E-state index contributed by atoms with van der Waals surface area (Å²) in [5.41, 5.74) is 7.15. The van der Waals surface area contributed by atoms with Gasteiger partial charge in [0.05, 0.1) is 22.8 Å². The molecule has 42 heavy (non-hydrogen) atoms. The molecule has 0 unspecified atom stereocenters. The lowest BCUT2D eigenvalue weighted by atomic mass is 10.1. The fourth-order valence-corrected chi connectivity index (χ4v) is 9.46. The molecule has 2 aromatic heterocycles. The summed E-state index contributed by atoms with van der Waals surface area (Å²) >= 11 is 29.3. The van der Waals surface area contributed by atoms with E-state index < -0.39 is 0 Å². The summed E-state index contributed by atoms with van der Waals surface area (Å²) in [7, 11) is 0. The molecule has 0 bridgehead atoms. The number of benzene rings is 4. The van der Waals surface area contributed by atoms with Crippen LogP contribution in [0.3, 0.4) is 0 Å². The van der Waals surface area contributed by atoms with Gasteiger partial charge in [-0.25, -0.2) is 9.97 Å². The highest BCUT2D eigenvalue weighted by Gasteiger charge is 2.24. The Balaban J connectivity index is 1.60. The molecule has 0 saturated heterocycles. The molecule has 0 aliphatic carbocycles. The van der Waals surface area contributed by atoms with E-state index in [0.29, 0.717) is 11.6 Å². The summed E-state index contributed by atoms with van der Waals surface area (Å²) in [6.45, 7) is 0. The summed E-state index contributed by atoms with van der Waals surface area (Å²) in [6.07, 6.45) is 0. The van der Waals surface area contributed by atoms with Crippen LogP contribution >= 0.6 is 127 Å². The maximum Gasteiger partial charge on any atom is 0.174 e. The molecule has 4 aromatic carbocycles. The Morgan fingerprint density at radius 2 is 0.667 bits per heavy atom. The van der Waals surface area contributed by atoms with E-state index in [-0.39, 0.29) is 0 Å². The average Bonchev–Trinajstić information content (AvgIpc) is 3.54. The van der Waals surface area contributed by atoms with Crippen LogP contribution in [-0.2, 0) is 0 Å². The monoisotopic (exact) mass is 1060 g/mol. The Bertz CT molecular complexity index is 1720. The van der Waals surface area contributed by atoms with Crippen molar-refractivity contribution in [2.75, 3.05) is 0 Å². The van der Waals surface area contributed by atoms with Crippen LogP contribution in [0.1, 0.15) is 0 Å². The van der Waals surface area contributed by atoms with Crippen LogP contribution in [0.25, 0.3) is 56.7 Å². The molecular weight excluding hydrogens is 1060 g/mol. The van der Waals surface area contributed by atoms with Gasteiger partial charge < -0.3 is 9.97 Å². The smallest absolute Gasteiger partial charge is 0.174 e. The molecule has 210 valence electrons. The highest BCUT2D eigenvalue weighted by atomic mass is 79.9. The first-order valence-electron chi connectivity index (χ1n) is 12.1. The van der Waals surface area contributed by atoms with Crippen LogP contribution in [0.4, 0.5) is 0 Å². The van der Waals surface area contributed by atoms with E-state index >= 15 is 0 Å². The molecule has 0 spiro atoms. The number of rotatable bonds is 5. The minimum Gasteiger partial charge on any atom is -0.335 e. The van der Waals surface area contributed by atoms with E-state index in [2.05, 4.69) is 150 Å². The van der Waals surface area contributed by atoms with E-state index in [0.717, 1.165) is 80.8 Å². The van der Waals surface area contributed by atoms with E-state index in [1.807, 2.05) is 60.7 Å². The van der Waals surface area contributed by atoms with Gasteiger partial charge in [-0.2, -0.15) is 0 Å². The maximum atomic E-state index is 5.13. The molecule has 12 heteroatoms. The van der Waals surface area contributed by atoms with Gasteiger partial charge in [-0.3, -0.25) is 0 Å². The van der Waals surface area contributed by atoms with Crippen LogP contribution in [0.2, 0.25) is 0 Å². The van der Waals surface area contributed by atoms with Crippen molar-refractivity contribution < 1.29 is 0 Å². The van der Waals surface area contributed by atoms with Crippen molar-refractivity contribution >= 4 is 127 Å². The van der Waals surface area contributed by atoms with Crippen LogP contribution in [0.15, 0.2) is 109 Å². The predicted molar refractivity (Wildman–Crippen MR) is 200 cm³/mol. The van der Waals surface area contributed by atoms with Crippen molar-refractivity contribution in [2.24, 2.45) is 0 Å². The Morgan fingerprint density at radius 3 is 0.952 bits per heavy atom. The highest BCUT2D eigenvalue weighted by Crippen LogP contribution is 2.43. The first-order chi connectivity index (χ1) is 20.1. The molecule has 2 N–H and O–H groups in total. The van der Waals surface area contributed by atoms with Crippen molar-refractivity contribution in [1.29, 1.82) is 0 Å². The molecule has 0 amide bonds. The molecule has 0 aliphatic heterocycles. The topological polar surface area (TPSA) is 57.4 Å². The largest absolute Gasteiger partial charge is 0.335 e. The molecule has 0 fully saturated rings. The zero-order valence-corrected chi connectivity index (χ0v) is 33.5. The summed E-state index contributed by atoms with van der Waals surface area (Å²) in [5.74, 6) is 1.22. The van der Waals surface area contributed by atoms with E-state index in [4.69, 9.17) is 9.97 Å². The fraction of sp³-hybridized carbons (Fsp3) is 0. The molecule has 4 nitrogen and oxygen atoms in total. The summed E-state index contributed by atoms with van der Waals surface area (Å²) < 4.78 is 7.60. The van der Waals surface area contributed by atoms with Crippen molar-refractivity contribution in [1.82, 2.24) is 19.9 Å². The standard InChI is InChI=1S/C30H14Br8N4/c31-13-1-5-17(21(35)9-13)25-26(18-6-2-14(32)10-22(18)36)40-29(39-25)30-41-27(19-7-3-15(33)11-23(19)37)28(42-30)20-8-4-16(34)12-24(20)38/h1-12H,(H,39,40)(H,41,42). The number of H-pyrrole nitrogens is 2. The van der Waals surface area contributed by atoms with Crippen LogP contribution in [-0.4, -0.2) is 19.9 Å². The van der Waals surface area contributed by atoms with Crippen molar-refractivity contribution in [2.45, 2.75) is 0 Å². The molecule has 2 heterocycles. The lowest BCUT2D eigenvalue weighted by Gasteiger charge is -2.08. The van der Waals surface area contributed by atoms with Gasteiger partial charge >= 0.3 is 0 Å². The van der Waals surface area contributed by atoms with E-state index in [9.17, 15) is 0 Å². The van der Waals surface area contributed by atoms with Crippen molar-refractivity contribution in [3.63, 3.8) is 0 Å². The van der Waals surface area contributed by atoms with E-state index in [1.54, 1.807) is 0 Å². The lowest BCUT2D eigenvalue weighted by Crippen LogP contribution is -1.87. The van der Waals surface area contributed by atoms with Gasteiger partial charge in [0, 0.05) is 58.0 Å². The Labute approximate surface area is 309 Å². The van der Waals surface area contributed by atoms with Crippen molar-refractivity contribution in [3.8, 4) is 56.7 Å². The van der Waals surface area contributed by atoms with Gasteiger partial charge in [0.15, 0.2) is 11.6 Å². The third-order valence-corrected chi connectivity index (χ3v) is 11.0. The second kappa shape index (κ2) is 12.9. The third-order valence-electron chi connectivity index (χ3n) is 6.41. The normalized spacial score (nSPS) is 11.3. The van der Waals surface area contributed by atoms with Crippen LogP contribution in [0, 0.1) is 0 Å². The van der Waals surface area contributed by atoms with Crippen LogP contribution < -0.4 is 0 Å².